The molecule has 59 heavy (non-hydrogen) atoms. The van der Waals surface area contributed by atoms with Crippen molar-refractivity contribution in [2.75, 3.05) is 42.1 Å². The Morgan fingerprint density at radius 1 is 1.03 bits per heavy atom. The third kappa shape index (κ3) is 14.1. The van der Waals surface area contributed by atoms with Crippen LogP contribution in [0.2, 0.25) is 0 Å². The number of carbonyl (C=O) groups is 3. The second-order valence-corrected chi connectivity index (χ2v) is 17.0. The van der Waals surface area contributed by atoms with E-state index < -0.39 is 78.2 Å². The van der Waals surface area contributed by atoms with Crippen molar-refractivity contribution in [1.82, 2.24) is 4.90 Å². The van der Waals surface area contributed by atoms with Crippen molar-refractivity contribution in [3.8, 4) is 0 Å². The number of esters is 1. The maximum absolute atomic E-state index is 13.6. The van der Waals surface area contributed by atoms with Crippen LogP contribution in [0, 0.1) is 29.6 Å². The van der Waals surface area contributed by atoms with E-state index in [0.717, 1.165) is 0 Å². The van der Waals surface area contributed by atoms with E-state index in [1.54, 1.807) is 53.7 Å². The Bertz CT molecular complexity index is 1440. The summed E-state index contributed by atoms with van der Waals surface area (Å²) in [5.41, 5.74) is -0.390. The number of nitrogens with zero attached hydrogens (tertiary/aromatic N) is 1. The molecule has 0 aliphatic carbocycles. The van der Waals surface area contributed by atoms with Crippen molar-refractivity contribution in [2.24, 2.45) is 29.6 Å². The Morgan fingerprint density at radius 2 is 1.71 bits per heavy atom. The van der Waals surface area contributed by atoms with Gasteiger partial charge >= 0.3 is 5.97 Å². The molecular formula is C45H73NO13. The van der Waals surface area contributed by atoms with Gasteiger partial charge in [0, 0.05) is 97.1 Å². The van der Waals surface area contributed by atoms with Gasteiger partial charge in [-0.1, -0.05) is 70.6 Å². The summed E-state index contributed by atoms with van der Waals surface area (Å²) in [6.45, 7) is 11.4. The quantitative estimate of drug-likeness (QED) is 0.0865. The number of allylic oxidation sites excluding steroid dienone is 2. The molecule has 3 rings (SSSR count). The van der Waals surface area contributed by atoms with Crippen molar-refractivity contribution in [2.45, 2.75) is 147 Å². The molecule has 0 aromatic rings. The molecule has 0 saturated carbocycles. The number of ether oxygens (including phenoxy) is 7. The highest BCUT2D eigenvalue weighted by molar-refractivity contribution is 5.82. The highest BCUT2D eigenvalue weighted by atomic mass is 16.6. The number of hydrogen-bond acceptors (Lipinski definition) is 13. The molecule has 16 unspecified atom stereocenters. The fourth-order valence-electron chi connectivity index (χ4n) is 8.64. The van der Waals surface area contributed by atoms with Crippen LogP contribution in [0.15, 0.2) is 48.2 Å². The number of aliphatic hydroxyl groups is 3. The van der Waals surface area contributed by atoms with Crippen LogP contribution < -0.4 is 0 Å². The average molecular weight is 836 g/mol. The number of aliphatic hydroxyl groups excluding tert-OH is 3. The highest BCUT2D eigenvalue weighted by Crippen LogP contribution is 2.42. The minimum absolute atomic E-state index is 0.0137. The zero-order chi connectivity index (χ0) is 44.0. The van der Waals surface area contributed by atoms with Gasteiger partial charge in [0.1, 0.15) is 17.5 Å². The van der Waals surface area contributed by atoms with Crippen molar-refractivity contribution in [3.05, 3.63) is 48.2 Å². The molecule has 16 atom stereocenters. The molecule has 0 aromatic carbocycles. The third-order valence-corrected chi connectivity index (χ3v) is 12.7. The minimum Gasteiger partial charge on any atom is -0.458 e. The molecule has 3 aliphatic rings. The van der Waals surface area contributed by atoms with Crippen molar-refractivity contribution < 1.29 is 62.9 Å². The number of carbonyl (C=O) groups excluding carboxylic acids is 3. The van der Waals surface area contributed by atoms with Gasteiger partial charge in [-0.15, -0.1) is 0 Å². The first-order valence-electron chi connectivity index (χ1n) is 21.0. The molecule has 3 aliphatic heterocycles. The molecular weight excluding hydrogens is 762 g/mol. The molecule has 1 fully saturated rings. The summed E-state index contributed by atoms with van der Waals surface area (Å²) < 4.78 is 41.9. The summed E-state index contributed by atoms with van der Waals surface area (Å²) in [5, 5.41) is 34.6. The van der Waals surface area contributed by atoms with Gasteiger partial charge in [0.05, 0.1) is 61.5 Å². The second kappa shape index (κ2) is 24.0. The molecule has 3 heterocycles. The highest BCUT2D eigenvalue weighted by Gasteiger charge is 2.59. The maximum atomic E-state index is 13.6. The van der Waals surface area contributed by atoms with Crippen LogP contribution in [-0.4, -0.2) is 147 Å². The van der Waals surface area contributed by atoms with Crippen LogP contribution in [0.25, 0.3) is 0 Å². The number of ketones is 1. The minimum atomic E-state index is -1.00. The third-order valence-electron chi connectivity index (χ3n) is 12.7. The number of rotatable bonds is 16. The van der Waals surface area contributed by atoms with Gasteiger partial charge in [0.2, 0.25) is 6.41 Å². The van der Waals surface area contributed by atoms with Gasteiger partial charge in [0.15, 0.2) is 0 Å². The zero-order valence-electron chi connectivity index (χ0n) is 37.1. The lowest BCUT2D eigenvalue weighted by Crippen LogP contribution is -2.49. The van der Waals surface area contributed by atoms with E-state index in [4.69, 9.17) is 33.2 Å². The Kier molecular flexibility index (Phi) is 20.6. The lowest BCUT2D eigenvalue weighted by molar-refractivity contribution is -0.159. The first-order valence-corrected chi connectivity index (χ1v) is 21.0. The molecule has 0 radical (unpaired) electrons. The van der Waals surface area contributed by atoms with Crippen LogP contribution in [-0.2, 0) is 47.5 Å². The first kappa shape index (κ1) is 50.6. The zero-order valence-corrected chi connectivity index (χ0v) is 37.1. The maximum Gasteiger partial charge on any atom is 0.331 e. The van der Waals surface area contributed by atoms with Crippen molar-refractivity contribution in [1.29, 1.82) is 0 Å². The normalized spacial score (nSPS) is 34.2. The molecule has 0 aromatic heterocycles. The number of hydrogen-bond donors (Lipinski definition) is 3. The van der Waals surface area contributed by atoms with Gasteiger partial charge in [-0.25, -0.2) is 4.79 Å². The van der Waals surface area contributed by atoms with E-state index in [2.05, 4.69) is 0 Å². The largest absolute Gasteiger partial charge is 0.458 e. The molecule has 2 bridgehead atoms. The second-order valence-electron chi connectivity index (χ2n) is 17.0. The Hall–Kier alpha value is -2.79. The number of methoxy groups -OCH3 is 4. The Morgan fingerprint density at radius 3 is 2.31 bits per heavy atom. The predicted octanol–water partition coefficient (Wildman–Crippen LogP) is 4.34. The van der Waals surface area contributed by atoms with Gasteiger partial charge in [-0.2, -0.15) is 0 Å². The van der Waals surface area contributed by atoms with Crippen LogP contribution >= 0.6 is 0 Å². The topological polar surface area (TPSA) is 183 Å². The Balaban J connectivity index is 1.88. The summed E-state index contributed by atoms with van der Waals surface area (Å²) in [6.07, 6.45) is 8.18. The number of epoxide rings is 1. The van der Waals surface area contributed by atoms with Crippen LogP contribution in [0.3, 0.4) is 0 Å². The number of fused-ring (bicyclic) bond motifs is 2. The molecule has 1 spiro atoms. The molecule has 14 nitrogen and oxygen atoms in total. The molecule has 336 valence electrons. The number of amides is 1. The standard InChI is InChI=1S/C45H73NO13/c1-27-15-18-41(51)59-44(32(6)42(52)28(2)16-17-35(48)30(4)43(56-11)29(3)19-20-46(7)26-47)31(5)37(53-8)24-40(55-10)45(25-57-45)39(50)23-34-14-12-13-33(58-34)22-38(54-9)36(49)21-27/h12-13,15,18-21,26,28-34,36-40,42-44,49-50,52H,14,16-17,22-25H2,1-11H3. The monoisotopic (exact) mass is 836 g/mol. The molecule has 1 saturated heterocycles. The molecule has 14 heteroatoms. The SMILES string of the molecule is COC1CC2C=CCC(CC(O)C3(CO3)C(OC)CC(OC)C(C)C(C(C)C(O)C(C)CCC(=O)C(C)C(OC)C(C)C=CN(C)C=O)OC(=O)C=CC(C)=CC1O)O2. The molecule has 1 amide bonds. The van der Waals surface area contributed by atoms with Gasteiger partial charge in [-0.3, -0.25) is 9.59 Å². The van der Waals surface area contributed by atoms with Gasteiger partial charge < -0.3 is 53.4 Å². The van der Waals surface area contributed by atoms with E-state index in [0.29, 0.717) is 44.1 Å². The van der Waals surface area contributed by atoms with Crippen molar-refractivity contribution in [3.63, 3.8) is 0 Å². The first-order chi connectivity index (χ1) is 28.0. The van der Waals surface area contributed by atoms with E-state index in [1.165, 1.54) is 18.1 Å². The van der Waals surface area contributed by atoms with Crippen molar-refractivity contribution >= 4 is 18.2 Å². The Labute approximate surface area is 351 Å². The van der Waals surface area contributed by atoms with Gasteiger partial charge in [-0.05, 0) is 25.7 Å². The fraction of sp³-hybridized carbons (Fsp3) is 0.756. The van der Waals surface area contributed by atoms with Crippen LogP contribution in [0.1, 0.15) is 80.1 Å². The summed E-state index contributed by atoms with van der Waals surface area (Å²) in [5.74, 6) is -2.68. The average Bonchev–Trinajstić information content (AvgIpc) is 4.03. The lowest BCUT2D eigenvalue weighted by atomic mass is 9.78. The molecule has 3 N–H and O–H groups in total. The fourth-order valence-corrected chi connectivity index (χ4v) is 8.64. The summed E-state index contributed by atoms with van der Waals surface area (Å²) in [4.78, 5) is 39.4. The van der Waals surface area contributed by atoms with E-state index in [-0.39, 0.29) is 42.9 Å². The summed E-state index contributed by atoms with van der Waals surface area (Å²) >= 11 is 0. The number of cyclic esters (lactones) is 1. The van der Waals surface area contributed by atoms with Gasteiger partial charge in [0.25, 0.3) is 0 Å². The summed E-state index contributed by atoms with van der Waals surface area (Å²) in [7, 11) is 7.84. The van der Waals surface area contributed by atoms with E-state index in [1.807, 2.05) is 52.8 Å². The van der Waals surface area contributed by atoms with Crippen LogP contribution in [0.4, 0.5) is 0 Å². The van der Waals surface area contributed by atoms with E-state index >= 15 is 0 Å². The lowest BCUT2D eigenvalue weighted by Gasteiger charge is -2.39. The smallest absolute Gasteiger partial charge is 0.331 e. The predicted molar refractivity (Wildman–Crippen MR) is 222 cm³/mol. The number of Topliss-reactive ketones (excluding diaryl/α,β-unsaturated/α-hetero) is 1. The van der Waals surface area contributed by atoms with E-state index in [9.17, 15) is 29.7 Å². The van der Waals surface area contributed by atoms with Crippen LogP contribution in [0.5, 0.6) is 0 Å². The summed E-state index contributed by atoms with van der Waals surface area (Å²) in [6, 6.07) is 0.